The molecule has 8 heteroatoms. The van der Waals surface area contributed by atoms with Crippen LogP contribution in [0.2, 0.25) is 5.02 Å². The summed E-state index contributed by atoms with van der Waals surface area (Å²) in [5.41, 5.74) is 3.46. The van der Waals surface area contributed by atoms with Crippen LogP contribution in [0.1, 0.15) is 15.9 Å². The third-order valence-electron chi connectivity index (χ3n) is 5.28. The summed E-state index contributed by atoms with van der Waals surface area (Å²) in [6.45, 7) is 2.03. The molecule has 1 amide bonds. The molecular weight excluding hydrogens is 446 g/mol. The summed E-state index contributed by atoms with van der Waals surface area (Å²) in [5.74, 6) is 0.0724. The normalized spacial score (nSPS) is 11.0. The molecule has 0 spiro atoms. The molecule has 4 aromatic rings. The van der Waals surface area contributed by atoms with E-state index in [2.05, 4.69) is 5.32 Å². The van der Waals surface area contributed by atoms with Gasteiger partial charge in [0.2, 0.25) is 0 Å². The fourth-order valence-corrected chi connectivity index (χ4v) is 4.58. The Morgan fingerprint density at radius 1 is 1.00 bits per heavy atom. The van der Waals surface area contributed by atoms with E-state index in [9.17, 15) is 9.59 Å². The first-order chi connectivity index (χ1) is 15.3. The van der Waals surface area contributed by atoms with E-state index in [4.69, 9.17) is 16.3 Å². The molecule has 164 valence electrons. The van der Waals surface area contributed by atoms with E-state index < -0.39 is 0 Å². The second kappa shape index (κ2) is 8.76. The Hall–Kier alpha value is -3.16. The van der Waals surface area contributed by atoms with Gasteiger partial charge < -0.3 is 10.1 Å². The molecule has 1 aromatic heterocycles. The van der Waals surface area contributed by atoms with Crippen LogP contribution in [0.15, 0.2) is 69.2 Å². The highest BCUT2D eigenvalue weighted by Crippen LogP contribution is 2.37. The molecule has 0 unspecified atom stereocenters. The standard InChI is InChI=1S/C24H22ClN3O3S/c1-14-5-8-16(9-6-14)32-22-13-20-19(27(2)24(30)28(20)3)12-18(22)26-23(29)17-11-15(25)7-10-21(17)31-4/h5-13H,1-4H3,(H,26,29). The average Bonchev–Trinajstić information content (AvgIpc) is 2.99. The van der Waals surface area contributed by atoms with Gasteiger partial charge in [-0.3, -0.25) is 13.9 Å². The Bertz CT molecular complexity index is 1390. The van der Waals surface area contributed by atoms with Crippen molar-refractivity contribution in [2.45, 2.75) is 16.7 Å². The van der Waals surface area contributed by atoms with E-state index in [0.29, 0.717) is 22.0 Å². The van der Waals surface area contributed by atoms with Crippen LogP contribution in [-0.2, 0) is 14.1 Å². The molecule has 0 saturated carbocycles. The largest absolute Gasteiger partial charge is 0.496 e. The van der Waals surface area contributed by atoms with Crippen LogP contribution < -0.4 is 15.7 Å². The number of hydrogen-bond donors (Lipinski definition) is 1. The van der Waals surface area contributed by atoms with Gasteiger partial charge in [-0.15, -0.1) is 0 Å². The van der Waals surface area contributed by atoms with Gasteiger partial charge in [-0.05, 0) is 49.4 Å². The molecule has 0 saturated heterocycles. The van der Waals surface area contributed by atoms with E-state index in [0.717, 1.165) is 26.4 Å². The lowest BCUT2D eigenvalue weighted by atomic mass is 10.1. The summed E-state index contributed by atoms with van der Waals surface area (Å²) in [6.07, 6.45) is 0. The molecule has 4 rings (SSSR count). The maximum Gasteiger partial charge on any atom is 0.328 e. The van der Waals surface area contributed by atoms with Crippen molar-refractivity contribution in [1.29, 1.82) is 0 Å². The van der Waals surface area contributed by atoms with Crippen LogP contribution >= 0.6 is 23.4 Å². The molecule has 3 aromatic carbocycles. The van der Waals surface area contributed by atoms with Crippen molar-refractivity contribution in [3.05, 3.63) is 81.2 Å². The Morgan fingerprint density at radius 2 is 1.66 bits per heavy atom. The number of fused-ring (bicyclic) bond motifs is 1. The molecule has 1 heterocycles. The first kappa shape index (κ1) is 22.0. The van der Waals surface area contributed by atoms with Gasteiger partial charge in [0.25, 0.3) is 5.91 Å². The summed E-state index contributed by atoms with van der Waals surface area (Å²) in [4.78, 5) is 27.5. The number of amides is 1. The zero-order valence-corrected chi connectivity index (χ0v) is 19.7. The number of hydrogen-bond acceptors (Lipinski definition) is 4. The van der Waals surface area contributed by atoms with Gasteiger partial charge in [-0.1, -0.05) is 41.1 Å². The zero-order valence-electron chi connectivity index (χ0n) is 18.1. The van der Waals surface area contributed by atoms with Gasteiger partial charge in [-0.25, -0.2) is 4.79 Å². The topological polar surface area (TPSA) is 65.3 Å². The second-order valence-electron chi connectivity index (χ2n) is 7.45. The second-order valence-corrected chi connectivity index (χ2v) is 9.00. The van der Waals surface area contributed by atoms with Crippen molar-refractivity contribution in [1.82, 2.24) is 9.13 Å². The van der Waals surface area contributed by atoms with Crippen LogP contribution in [0.4, 0.5) is 5.69 Å². The van der Waals surface area contributed by atoms with E-state index in [1.807, 2.05) is 43.3 Å². The smallest absolute Gasteiger partial charge is 0.328 e. The number of carbonyl (C=O) groups is 1. The predicted molar refractivity (Wildman–Crippen MR) is 129 cm³/mol. The lowest BCUT2D eigenvalue weighted by Gasteiger charge is -2.14. The number of carbonyl (C=O) groups excluding carboxylic acids is 1. The molecule has 32 heavy (non-hydrogen) atoms. The Labute approximate surface area is 194 Å². The van der Waals surface area contributed by atoms with Crippen LogP contribution in [0.5, 0.6) is 5.75 Å². The van der Waals surface area contributed by atoms with E-state index >= 15 is 0 Å². The molecule has 0 aliphatic carbocycles. The van der Waals surface area contributed by atoms with Gasteiger partial charge in [0.1, 0.15) is 5.75 Å². The first-order valence-corrected chi connectivity index (χ1v) is 11.1. The van der Waals surface area contributed by atoms with Crippen molar-refractivity contribution < 1.29 is 9.53 Å². The highest BCUT2D eigenvalue weighted by Gasteiger charge is 2.18. The molecule has 1 N–H and O–H groups in total. The monoisotopic (exact) mass is 467 g/mol. The van der Waals surface area contributed by atoms with Crippen molar-refractivity contribution in [3.8, 4) is 5.75 Å². The van der Waals surface area contributed by atoms with Crippen molar-refractivity contribution in [3.63, 3.8) is 0 Å². The first-order valence-electron chi connectivity index (χ1n) is 9.87. The molecule has 0 bridgehead atoms. The number of halogens is 1. The molecule has 0 aliphatic rings. The van der Waals surface area contributed by atoms with E-state index in [-0.39, 0.29) is 11.6 Å². The number of aromatic nitrogens is 2. The Morgan fingerprint density at radius 3 is 2.31 bits per heavy atom. The average molecular weight is 468 g/mol. The summed E-state index contributed by atoms with van der Waals surface area (Å²) in [6, 6.07) is 16.8. The number of imidazole rings is 1. The number of anilines is 1. The third-order valence-corrected chi connectivity index (χ3v) is 6.58. The summed E-state index contributed by atoms with van der Waals surface area (Å²) < 4.78 is 8.49. The summed E-state index contributed by atoms with van der Waals surface area (Å²) in [7, 11) is 4.95. The highest BCUT2D eigenvalue weighted by molar-refractivity contribution is 7.99. The van der Waals surface area contributed by atoms with Gasteiger partial charge >= 0.3 is 5.69 Å². The summed E-state index contributed by atoms with van der Waals surface area (Å²) >= 11 is 7.63. The fraction of sp³-hybridized carbons (Fsp3) is 0.167. The van der Waals surface area contributed by atoms with Crippen LogP contribution in [-0.4, -0.2) is 22.2 Å². The Kier molecular flexibility index (Phi) is 6.04. The number of ether oxygens (including phenoxy) is 1. The fourth-order valence-electron chi connectivity index (χ4n) is 3.49. The molecular formula is C24H22ClN3O3S. The minimum absolute atomic E-state index is 0.133. The lowest BCUT2D eigenvalue weighted by Crippen LogP contribution is -2.19. The molecule has 0 aliphatic heterocycles. The van der Waals surface area contributed by atoms with E-state index in [1.54, 1.807) is 41.4 Å². The quantitative estimate of drug-likeness (QED) is 0.435. The number of rotatable bonds is 5. The maximum absolute atomic E-state index is 13.2. The van der Waals surface area contributed by atoms with Crippen molar-refractivity contribution in [2.24, 2.45) is 14.1 Å². The lowest BCUT2D eigenvalue weighted by molar-refractivity contribution is 0.102. The molecule has 0 atom stereocenters. The van der Waals surface area contributed by atoms with Gasteiger partial charge in [0.05, 0.1) is 29.4 Å². The van der Waals surface area contributed by atoms with Gasteiger partial charge in [0, 0.05) is 28.9 Å². The van der Waals surface area contributed by atoms with Crippen LogP contribution in [0, 0.1) is 6.92 Å². The molecule has 6 nitrogen and oxygen atoms in total. The van der Waals surface area contributed by atoms with Crippen LogP contribution in [0.3, 0.4) is 0 Å². The number of aryl methyl sites for hydroxylation is 3. The summed E-state index contributed by atoms with van der Waals surface area (Å²) in [5, 5.41) is 3.42. The van der Waals surface area contributed by atoms with E-state index in [1.165, 1.54) is 18.9 Å². The van der Waals surface area contributed by atoms with Gasteiger partial charge in [0.15, 0.2) is 0 Å². The number of methoxy groups -OCH3 is 1. The minimum Gasteiger partial charge on any atom is -0.496 e. The van der Waals surface area contributed by atoms with Crippen molar-refractivity contribution >= 4 is 46.0 Å². The molecule has 0 fully saturated rings. The third kappa shape index (κ3) is 4.13. The Balaban J connectivity index is 1.82. The zero-order chi connectivity index (χ0) is 23.0. The number of benzene rings is 3. The van der Waals surface area contributed by atoms with Crippen molar-refractivity contribution in [2.75, 3.05) is 12.4 Å². The number of nitrogens with zero attached hydrogens (tertiary/aromatic N) is 2. The maximum atomic E-state index is 13.2. The van der Waals surface area contributed by atoms with Gasteiger partial charge in [-0.2, -0.15) is 0 Å². The molecule has 0 radical (unpaired) electrons. The SMILES string of the molecule is COc1ccc(Cl)cc1C(=O)Nc1cc2c(cc1Sc1ccc(C)cc1)n(C)c(=O)n2C. The minimum atomic E-state index is -0.351. The number of nitrogens with one attached hydrogen (secondary N) is 1. The highest BCUT2D eigenvalue weighted by atomic mass is 35.5. The van der Waals surface area contributed by atoms with Crippen LogP contribution in [0.25, 0.3) is 11.0 Å². The predicted octanol–water partition coefficient (Wildman–Crippen LogP) is 5.25.